The summed E-state index contributed by atoms with van der Waals surface area (Å²) in [5, 5.41) is 20.1. The van der Waals surface area contributed by atoms with Crippen LogP contribution in [-0.2, 0) is 6.61 Å². The number of aromatic nitrogens is 4. The number of hydrogen-bond donors (Lipinski definition) is 1. The Morgan fingerprint density at radius 2 is 2.05 bits per heavy atom. The number of thiazole rings is 1. The van der Waals surface area contributed by atoms with Gasteiger partial charge in [-0.1, -0.05) is 35.0 Å². The molecule has 3 aromatic rings. The molecule has 0 unspecified atom stereocenters. The Kier molecular flexibility index (Phi) is 3.10. The van der Waals surface area contributed by atoms with Gasteiger partial charge in [-0.05, 0) is 6.92 Å². The maximum absolute atomic E-state index is 9.41. The fourth-order valence-electron chi connectivity index (χ4n) is 1.87. The second-order valence-electron chi connectivity index (χ2n) is 4.14. The van der Waals surface area contributed by atoms with Crippen molar-refractivity contribution in [2.75, 3.05) is 0 Å². The fourth-order valence-corrected chi connectivity index (χ4v) is 2.47. The zero-order valence-corrected chi connectivity index (χ0v) is 11.1. The molecular formula is C13H12N4OS. The minimum atomic E-state index is -0.144. The van der Waals surface area contributed by atoms with Crippen LogP contribution in [0, 0.1) is 6.92 Å². The number of benzene rings is 1. The van der Waals surface area contributed by atoms with Gasteiger partial charge in [0.05, 0.1) is 6.61 Å². The molecule has 6 heteroatoms. The molecule has 0 atom stereocenters. The summed E-state index contributed by atoms with van der Waals surface area (Å²) in [6, 6.07) is 8.04. The van der Waals surface area contributed by atoms with E-state index in [0.29, 0.717) is 5.69 Å². The lowest BCUT2D eigenvalue weighted by Crippen LogP contribution is -1.99. The zero-order chi connectivity index (χ0) is 13.2. The highest BCUT2D eigenvalue weighted by atomic mass is 32.1. The summed E-state index contributed by atoms with van der Waals surface area (Å²) >= 11 is 1.48. The lowest BCUT2D eigenvalue weighted by Gasteiger charge is -2.05. The molecule has 96 valence electrons. The standard InChI is InChI=1S/C13H12N4OS/c1-9-2-4-10(5-3-9)12-11(8-18)15-16-17(12)13-14-6-7-19-13/h2-7,18H,8H2,1H3. The molecular weight excluding hydrogens is 260 g/mol. The first-order valence-electron chi connectivity index (χ1n) is 5.82. The third kappa shape index (κ3) is 2.16. The van der Waals surface area contributed by atoms with E-state index in [2.05, 4.69) is 15.3 Å². The minimum absolute atomic E-state index is 0.144. The van der Waals surface area contributed by atoms with E-state index in [9.17, 15) is 5.11 Å². The van der Waals surface area contributed by atoms with E-state index in [1.165, 1.54) is 16.9 Å². The molecule has 0 bridgehead atoms. The molecule has 0 saturated carbocycles. The van der Waals surface area contributed by atoms with Gasteiger partial charge in [-0.2, -0.15) is 4.68 Å². The van der Waals surface area contributed by atoms with E-state index in [1.807, 2.05) is 36.6 Å². The molecule has 2 heterocycles. The molecule has 19 heavy (non-hydrogen) atoms. The topological polar surface area (TPSA) is 63.8 Å². The predicted molar refractivity (Wildman–Crippen MR) is 73.1 cm³/mol. The molecule has 0 amide bonds. The largest absolute Gasteiger partial charge is 0.390 e. The van der Waals surface area contributed by atoms with Crippen LogP contribution in [0.5, 0.6) is 0 Å². The van der Waals surface area contributed by atoms with Crippen LogP contribution in [0.2, 0.25) is 0 Å². The van der Waals surface area contributed by atoms with E-state index in [-0.39, 0.29) is 6.61 Å². The number of aliphatic hydroxyl groups excluding tert-OH is 1. The van der Waals surface area contributed by atoms with Crippen molar-refractivity contribution in [1.82, 2.24) is 20.0 Å². The van der Waals surface area contributed by atoms with Crippen molar-refractivity contribution < 1.29 is 5.11 Å². The second-order valence-corrected chi connectivity index (χ2v) is 5.01. The summed E-state index contributed by atoms with van der Waals surface area (Å²) in [5.74, 6) is 0. The minimum Gasteiger partial charge on any atom is -0.390 e. The van der Waals surface area contributed by atoms with E-state index in [4.69, 9.17) is 0 Å². The summed E-state index contributed by atoms with van der Waals surface area (Å²) in [7, 11) is 0. The smallest absolute Gasteiger partial charge is 0.212 e. The number of aryl methyl sites for hydroxylation is 1. The van der Waals surface area contributed by atoms with Crippen LogP contribution < -0.4 is 0 Å². The molecule has 0 aliphatic heterocycles. The summed E-state index contributed by atoms with van der Waals surface area (Å²) in [5.41, 5.74) is 3.49. The van der Waals surface area contributed by atoms with Crippen molar-refractivity contribution in [2.45, 2.75) is 13.5 Å². The quantitative estimate of drug-likeness (QED) is 0.794. The highest BCUT2D eigenvalue weighted by Gasteiger charge is 2.16. The normalized spacial score (nSPS) is 10.8. The van der Waals surface area contributed by atoms with Crippen molar-refractivity contribution >= 4 is 11.3 Å². The summed E-state index contributed by atoms with van der Waals surface area (Å²) in [4.78, 5) is 4.24. The maximum Gasteiger partial charge on any atom is 0.212 e. The molecule has 1 N–H and O–H groups in total. The molecule has 0 spiro atoms. The molecule has 0 aliphatic rings. The molecule has 0 radical (unpaired) electrons. The van der Waals surface area contributed by atoms with Gasteiger partial charge in [0.25, 0.3) is 0 Å². The Hall–Kier alpha value is -2.05. The van der Waals surface area contributed by atoms with Crippen molar-refractivity contribution in [3.05, 3.63) is 47.1 Å². The van der Waals surface area contributed by atoms with Crippen LogP contribution in [0.3, 0.4) is 0 Å². The van der Waals surface area contributed by atoms with E-state index >= 15 is 0 Å². The summed E-state index contributed by atoms with van der Waals surface area (Å²) in [6.45, 7) is 1.89. The molecule has 0 fully saturated rings. The van der Waals surface area contributed by atoms with Crippen LogP contribution in [-0.4, -0.2) is 25.1 Å². The second kappa shape index (κ2) is 4.91. The number of aliphatic hydroxyl groups is 1. The Labute approximate surface area is 114 Å². The first kappa shape index (κ1) is 12.0. The first-order chi connectivity index (χ1) is 9.29. The Morgan fingerprint density at radius 3 is 2.68 bits per heavy atom. The number of nitrogens with zero attached hydrogens (tertiary/aromatic N) is 4. The summed E-state index contributed by atoms with van der Waals surface area (Å²) < 4.78 is 1.67. The fraction of sp³-hybridized carbons (Fsp3) is 0.154. The lowest BCUT2D eigenvalue weighted by atomic mass is 10.1. The Balaban J connectivity index is 2.18. The first-order valence-corrected chi connectivity index (χ1v) is 6.70. The summed E-state index contributed by atoms with van der Waals surface area (Å²) in [6.07, 6.45) is 1.72. The Morgan fingerprint density at radius 1 is 1.26 bits per heavy atom. The van der Waals surface area contributed by atoms with Crippen molar-refractivity contribution in [1.29, 1.82) is 0 Å². The van der Waals surface area contributed by atoms with E-state index in [0.717, 1.165) is 16.4 Å². The molecule has 0 saturated heterocycles. The van der Waals surface area contributed by atoms with Gasteiger partial charge < -0.3 is 5.11 Å². The zero-order valence-electron chi connectivity index (χ0n) is 10.3. The number of hydrogen-bond acceptors (Lipinski definition) is 5. The molecule has 5 nitrogen and oxygen atoms in total. The van der Waals surface area contributed by atoms with Gasteiger partial charge >= 0.3 is 0 Å². The van der Waals surface area contributed by atoms with Crippen LogP contribution in [0.25, 0.3) is 16.4 Å². The van der Waals surface area contributed by atoms with E-state index < -0.39 is 0 Å². The molecule has 1 aromatic carbocycles. The van der Waals surface area contributed by atoms with Crippen LogP contribution in [0.4, 0.5) is 0 Å². The number of rotatable bonds is 3. The maximum atomic E-state index is 9.41. The highest BCUT2D eigenvalue weighted by Crippen LogP contribution is 2.26. The van der Waals surface area contributed by atoms with Gasteiger partial charge in [-0.15, -0.1) is 16.4 Å². The van der Waals surface area contributed by atoms with Gasteiger partial charge in [0.1, 0.15) is 11.4 Å². The van der Waals surface area contributed by atoms with Crippen LogP contribution in [0.1, 0.15) is 11.3 Å². The van der Waals surface area contributed by atoms with Gasteiger partial charge in [0.15, 0.2) is 0 Å². The highest BCUT2D eigenvalue weighted by molar-refractivity contribution is 7.12. The van der Waals surface area contributed by atoms with Gasteiger partial charge in [0, 0.05) is 17.1 Å². The molecule has 2 aromatic heterocycles. The van der Waals surface area contributed by atoms with Gasteiger partial charge in [-0.25, -0.2) is 4.98 Å². The third-order valence-corrected chi connectivity index (χ3v) is 3.56. The van der Waals surface area contributed by atoms with Gasteiger partial charge in [0.2, 0.25) is 5.13 Å². The molecule has 3 rings (SSSR count). The predicted octanol–water partition coefficient (Wildman–Crippen LogP) is 2.19. The van der Waals surface area contributed by atoms with Crippen molar-refractivity contribution in [3.8, 4) is 16.4 Å². The molecule has 0 aliphatic carbocycles. The monoisotopic (exact) mass is 272 g/mol. The average Bonchev–Trinajstić information content (AvgIpc) is 3.08. The SMILES string of the molecule is Cc1ccc(-c2c(CO)nnn2-c2nccs2)cc1. The van der Waals surface area contributed by atoms with Gasteiger partial charge in [-0.3, -0.25) is 0 Å². The Bertz CT molecular complexity index is 673. The lowest BCUT2D eigenvalue weighted by molar-refractivity contribution is 0.277. The third-order valence-electron chi connectivity index (χ3n) is 2.82. The van der Waals surface area contributed by atoms with Crippen molar-refractivity contribution in [3.63, 3.8) is 0 Å². The van der Waals surface area contributed by atoms with Crippen molar-refractivity contribution in [2.24, 2.45) is 0 Å². The van der Waals surface area contributed by atoms with E-state index in [1.54, 1.807) is 10.9 Å². The average molecular weight is 272 g/mol. The van der Waals surface area contributed by atoms with Crippen LogP contribution >= 0.6 is 11.3 Å². The van der Waals surface area contributed by atoms with Crippen LogP contribution in [0.15, 0.2) is 35.8 Å².